The van der Waals surface area contributed by atoms with Crippen molar-refractivity contribution in [1.82, 2.24) is 4.90 Å². The molecule has 0 aromatic heterocycles. The van der Waals surface area contributed by atoms with Gasteiger partial charge in [0.2, 0.25) is 0 Å². The van der Waals surface area contributed by atoms with Crippen molar-refractivity contribution in [3.05, 3.63) is 35.9 Å². The van der Waals surface area contributed by atoms with E-state index in [-0.39, 0.29) is 18.2 Å². The van der Waals surface area contributed by atoms with Crippen molar-refractivity contribution in [2.24, 2.45) is 0 Å². The number of amides is 1. The van der Waals surface area contributed by atoms with Gasteiger partial charge in [-0.1, -0.05) is 0 Å². The number of hydrogen-bond acceptors (Lipinski definition) is 2. The molecule has 0 saturated carbocycles. The molecule has 0 bridgehead atoms. The number of rotatable bonds is 12. The molecule has 152 valence electrons. The Morgan fingerprint density at radius 3 is 1.93 bits per heavy atom. The molecule has 1 aromatic carbocycles. The van der Waals surface area contributed by atoms with Crippen LogP contribution in [0, 0.1) is 0 Å². The Morgan fingerprint density at radius 2 is 1.44 bits per heavy atom. The molecule has 0 spiro atoms. The first kappa shape index (κ1) is 22.6. The van der Waals surface area contributed by atoms with E-state index in [1.54, 1.807) is 0 Å². The standard InChI is InChI=1S/C11H12NO2.3C4H9.Sn/c1-8-10(12(2)11(13)14-8)9-6-4-3-5-7-9;3*1-3-4-2;/h3-8,10H,2H2,1H3;3*1,3-4H2,2H3;/t8-,10-;;;;/m0..../s1. The second-order valence-electron chi connectivity index (χ2n) is 8.38. The van der Waals surface area contributed by atoms with Crippen molar-refractivity contribution >= 4 is 24.5 Å². The summed E-state index contributed by atoms with van der Waals surface area (Å²) in [6.45, 7) is 8.95. The molecule has 0 aliphatic carbocycles. The summed E-state index contributed by atoms with van der Waals surface area (Å²) in [6.07, 6.45) is 7.64. The third kappa shape index (κ3) is 6.13. The molecule has 2 rings (SSSR count). The van der Waals surface area contributed by atoms with Gasteiger partial charge in [-0.25, -0.2) is 0 Å². The zero-order valence-electron chi connectivity index (χ0n) is 17.9. The quantitative estimate of drug-likeness (QED) is 0.303. The van der Waals surface area contributed by atoms with Crippen molar-refractivity contribution in [3.8, 4) is 0 Å². The van der Waals surface area contributed by atoms with Gasteiger partial charge in [0.1, 0.15) is 0 Å². The number of unbranched alkanes of at least 4 members (excludes halogenated alkanes) is 3. The average Bonchev–Trinajstić information content (AvgIpc) is 2.96. The number of benzene rings is 1. The fourth-order valence-corrected chi connectivity index (χ4v) is 20.5. The number of nitrogens with zero attached hydrogens (tertiary/aromatic N) is 1. The Labute approximate surface area is 170 Å². The van der Waals surface area contributed by atoms with Gasteiger partial charge < -0.3 is 0 Å². The molecule has 1 heterocycles. The zero-order valence-corrected chi connectivity index (χ0v) is 20.7. The van der Waals surface area contributed by atoms with Crippen molar-refractivity contribution in [1.29, 1.82) is 0 Å². The Kier molecular flexibility index (Phi) is 9.47. The molecule has 4 heteroatoms. The van der Waals surface area contributed by atoms with Crippen molar-refractivity contribution in [2.75, 3.05) is 4.56 Å². The molecule has 1 amide bonds. The summed E-state index contributed by atoms with van der Waals surface area (Å²) in [5, 5.41) is 0. The first-order valence-electron chi connectivity index (χ1n) is 11.1. The van der Waals surface area contributed by atoms with E-state index < -0.39 is 18.4 Å². The van der Waals surface area contributed by atoms with E-state index in [1.165, 1.54) is 57.4 Å². The summed E-state index contributed by atoms with van der Waals surface area (Å²) < 4.78 is 11.0. The maximum absolute atomic E-state index is 12.8. The summed E-state index contributed by atoms with van der Waals surface area (Å²) in [5.74, 6) is 0. The Bertz CT molecular complexity index is 541. The number of hydrogen-bond donors (Lipinski definition) is 0. The van der Waals surface area contributed by atoms with Crippen LogP contribution in [-0.2, 0) is 4.74 Å². The van der Waals surface area contributed by atoms with E-state index in [0.717, 1.165) is 4.56 Å². The maximum atomic E-state index is 12.8. The summed E-state index contributed by atoms with van der Waals surface area (Å²) >= 11 is -2.45. The number of carbonyl (C=O) groups is 1. The monoisotopic (exact) mass is 481 g/mol. The number of carbonyl (C=O) groups excluding carboxylic acids is 1. The molecular formula is C23H39NO2Sn. The fourth-order valence-electron chi connectivity index (χ4n) is 4.55. The molecular weight excluding hydrogens is 441 g/mol. The number of ether oxygens (including phenoxy) is 1. The van der Waals surface area contributed by atoms with Crippen molar-refractivity contribution in [3.63, 3.8) is 0 Å². The van der Waals surface area contributed by atoms with Crippen LogP contribution in [0.1, 0.15) is 77.8 Å². The molecule has 1 saturated heterocycles. The fraction of sp³-hybridized carbons (Fsp3) is 0.696. The van der Waals surface area contributed by atoms with Crippen LogP contribution in [-0.4, -0.2) is 40.0 Å². The van der Waals surface area contributed by atoms with E-state index in [4.69, 9.17) is 4.74 Å². The predicted octanol–water partition coefficient (Wildman–Crippen LogP) is 6.96. The Balaban J connectivity index is 2.29. The molecule has 0 unspecified atom stereocenters. The van der Waals surface area contributed by atoms with Gasteiger partial charge in [-0.2, -0.15) is 0 Å². The van der Waals surface area contributed by atoms with Crippen LogP contribution in [0.4, 0.5) is 4.79 Å². The van der Waals surface area contributed by atoms with Crippen molar-refractivity contribution < 1.29 is 9.53 Å². The molecule has 1 aliphatic rings. The first-order chi connectivity index (χ1) is 13.1. The SMILES string of the molecule is CCC[CH2][Sn]([CH2]CCC)([CH2]CCC)[CH2]N1C(=O)O[C@@H](C)[C@H]1c1ccccc1. The van der Waals surface area contributed by atoms with Gasteiger partial charge in [-0.3, -0.25) is 0 Å². The van der Waals surface area contributed by atoms with Gasteiger partial charge in [0.25, 0.3) is 0 Å². The third-order valence-corrected chi connectivity index (χ3v) is 21.1. The van der Waals surface area contributed by atoms with E-state index in [1.807, 2.05) is 6.07 Å². The second-order valence-corrected chi connectivity index (χ2v) is 22.1. The molecule has 27 heavy (non-hydrogen) atoms. The molecule has 1 aliphatic heterocycles. The third-order valence-electron chi connectivity index (χ3n) is 6.13. The van der Waals surface area contributed by atoms with Crippen LogP contribution in [0.2, 0.25) is 13.3 Å². The Morgan fingerprint density at radius 1 is 0.926 bits per heavy atom. The Hall–Kier alpha value is -0.711. The van der Waals surface area contributed by atoms with Crippen molar-refractivity contribution in [2.45, 2.75) is 91.7 Å². The average molecular weight is 480 g/mol. The molecule has 1 aromatic rings. The summed E-state index contributed by atoms with van der Waals surface area (Å²) in [4.78, 5) is 14.9. The van der Waals surface area contributed by atoms with Gasteiger partial charge in [0.15, 0.2) is 0 Å². The molecule has 0 N–H and O–H groups in total. The molecule has 2 atom stereocenters. The van der Waals surface area contributed by atoms with Gasteiger partial charge in [0.05, 0.1) is 0 Å². The van der Waals surface area contributed by atoms with E-state index in [0.29, 0.717) is 0 Å². The van der Waals surface area contributed by atoms with Gasteiger partial charge >= 0.3 is 171 Å². The topological polar surface area (TPSA) is 29.5 Å². The van der Waals surface area contributed by atoms with E-state index >= 15 is 0 Å². The minimum absolute atomic E-state index is 0.0626. The molecule has 0 radical (unpaired) electrons. The van der Waals surface area contributed by atoms with Gasteiger partial charge in [-0.05, 0) is 0 Å². The van der Waals surface area contributed by atoms with Crippen LogP contribution >= 0.6 is 0 Å². The molecule has 3 nitrogen and oxygen atoms in total. The second kappa shape index (κ2) is 11.3. The van der Waals surface area contributed by atoms with E-state index in [9.17, 15) is 4.79 Å². The van der Waals surface area contributed by atoms with Crippen LogP contribution in [0.25, 0.3) is 0 Å². The number of cyclic esters (lactones) is 1. The van der Waals surface area contributed by atoms with Crippen LogP contribution in [0.15, 0.2) is 30.3 Å². The van der Waals surface area contributed by atoms with Crippen LogP contribution < -0.4 is 0 Å². The summed E-state index contributed by atoms with van der Waals surface area (Å²) in [6, 6.07) is 10.6. The molecule has 1 fully saturated rings. The van der Waals surface area contributed by atoms with Gasteiger partial charge in [-0.15, -0.1) is 0 Å². The van der Waals surface area contributed by atoms with Crippen LogP contribution in [0.5, 0.6) is 0 Å². The first-order valence-corrected chi connectivity index (χ1v) is 19.2. The predicted molar refractivity (Wildman–Crippen MR) is 117 cm³/mol. The minimum atomic E-state index is -2.45. The normalized spacial score (nSPS) is 20.1. The zero-order chi connectivity index (χ0) is 19.7. The van der Waals surface area contributed by atoms with Gasteiger partial charge in [0, 0.05) is 0 Å². The summed E-state index contributed by atoms with van der Waals surface area (Å²) in [7, 11) is 0. The van der Waals surface area contributed by atoms with Crippen LogP contribution in [0.3, 0.4) is 0 Å². The summed E-state index contributed by atoms with van der Waals surface area (Å²) in [5.41, 5.74) is 1.22. The van der Waals surface area contributed by atoms with E-state index in [2.05, 4.69) is 56.9 Å².